The third-order valence-electron chi connectivity index (χ3n) is 5.08. The van der Waals surface area contributed by atoms with E-state index in [0.29, 0.717) is 26.0 Å². The minimum Gasteiger partial charge on any atom is -0.345 e. The van der Waals surface area contributed by atoms with Crippen molar-refractivity contribution in [2.24, 2.45) is 5.10 Å². The molecule has 170 valence electrons. The monoisotopic (exact) mass is 513 g/mol. The summed E-state index contributed by atoms with van der Waals surface area (Å²) in [5, 5.41) is 9.30. The highest BCUT2D eigenvalue weighted by Gasteiger charge is 2.32. The third kappa shape index (κ3) is 4.51. The van der Waals surface area contributed by atoms with Crippen LogP contribution in [-0.4, -0.2) is 80.0 Å². The van der Waals surface area contributed by atoms with Crippen LogP contribution >= 0.6 is 34.5 Å². The smallest absolute Gasteiger partial charge is 0.265 e. The van der Waals surface area contributed by atoms with Crippen molar-refractivity contribution in [3.63, 3.8) is 0 Å². The van der Waals surface area contributed by atoms with Gasteiger partial charge in [0.15, 0.2) is 0 Å². The Balaban J connectivity index is 1.46. The van der Waals surface area contributed by atoms with E-state index in [1.165, 1.54) is 15.6 Å². The maximum atomic E-state index is 13.1. The number of hydrogen-bond donors (Lipinski definition) is 1. The van der Waals surface area contributed by atoms with Crippen molar-refractivity contribution in [2.75, 3.05) is 40.3 Å². The van der Waals surface area contributed by atoms with Crippen LogP contribution in [0.1, 0.15) is 15.2 Å². The molecule has 3 heterocycles. The third-order valence-corrected chi connectivity index (χ3v) is 8.64. The molecule has 1 amide bonds. The van der Waals surface area contributed by atoms with Gasteiger partial charge in [0.1, 0.15) is 9.90 Å². The predicted molar refractivity (Wildman–Crippen MR) is 129 cm³/mol. The van der Waals surface area contributed by atoms with Gasteiger partial charge in [0.2, 0.25) is 0 Å². The summed E-state index contributed by atoms with van der Waals surface area (Å²) < 4.78 is 27.6. The van der Waals surface area contributed by atoms with Gasteiger partial charge in [-0.25, -0.2) is 8.42 Å². The van der Waals surface area contributed by atoms with E-state index in [1.807, 2.05) is 0 Å². The molecule has 0 aliphatic carbocycles. The second kappa shape index (κ2) is 9.03. The summed E-state index contributed by atoms with van der Waals surface area (Å²) in [5.74, 6) is -0.207. The number of aromatic amines is 1. The van der Waals surface area contributed by atoms with Crippen molar-refractivity contribution in [3.05, 3.63) is 50.1 Å². The van der Waals surface area contributed by atoms with Crippen LogP contribution in [-0.2, 0) is 10.0 Å². The zero-order chi connectivity index (χ0) is 23.0. The number of fused-ring (bicyclic) bond motifs is 1. The Hall–Kier alpha value is -2.11. The molecule has 1 aliphatic rings. The lowest BCUT2D eigenvalue weighted by Gasteiger charge is -2.33. The number of piperazine rings is 1. The fourth-order valence-corrected chi connectivity index (χ4v) is 6.27. The molecular formula is C20H21Cl2N5O3S2. The number of benzene rings is 1. The van der Waals surface area contributed by atoms with Gasteiger partial charge in [-0.2, -0.15) is 9.41 Å². The number of sulfonamides is 1. The lowest BCUT2D eigenvalue weighted by atomic mass is 10.2. The van der Waals surface area contributed by atoms with Gasteiger partial charge in [0.25, 0.3) is 15.9 Å². The highest BCUT2D eigenvalue weighted by Crippen LogP contribution is 2.29. The first-order chi connectivity index (χ1) is 15.2. The van der Waals surface area contributed by atoms with Crippen LogP contribution in [0.3, 0.4) is 0 Å². The number of carbonyl (C=O) groups is 1. The molecule has 1 fully saturated rings. The van der Waals surface area contributed by atoms with Crippen LogP contribution in [0, 0.1) is 0 Å². The van der Waals surface area contributed by atoms with Gasteiger partial charge in [-0.3, -0.25) is 4.79 Å². The molecule has 0 saturated carbocycles. The number of aromatic nitrogens is 1. The highest BCUT2D eigenvalue weighted by molar-refractivity contribution is 7.89. The van der Waals surface area contributed by atoms with Crippen molar-refractivity contribution in [3.8, 4) is 0 Å². The average molecular weight is 514 g/mol. The molecule has 8 nitrogen and oxygen atoms in total. The standard InChI is InChI=1S/C20H21Cl2N5O3S2/c1-25(2)23-11-14-12-31-19(18(14)22)20(28)26-5-7-27(8-6-26)32(29,30)17-10-13-9-15(21)3-4-16(13)24-17/h3-4,9-12,24H,5-8H2,1-2H3. The molecule has 4 rings (SSSR count). The Morgan fingerprint density at radius 3 is 2.59 bits per heavy atom. The van der Waals surface area contributed by atoms with Gasteiger partial charge < -0.3 is 14.9 Å². The fourth-order valence-electron chi connectivity index (χ4n) is 3.40. The van der Waals surface area contributed by atoms with E-state index in [2.05, 4.69) is 10.1 Å². The number of hydrazone groups is 1. The molecule has 0 unspecified atom stereocenters. The Morgan fingerprint density at radius 1 is 1.19 bits per heavy atom. The number of hydrogen-bond acceptors (Lipinski definition) is 6. The minimum absolute atomic E-state index is 0.112. The Kier molecular flexibility index (Phi) is 6.51. The highest BCUT2D eigenvalue weighted by atomic mass is 35.5. The van der Waals surface area contributed by atoms with Crippen LogP contribution in [0.25, 0.3) is 10.9 Å². The predicted octanol–water partition coefficient (Wildman–Crippen LogP) is 3.58. The maximum absolute atomic E-state index is 13.1. The number of rotatable bonds is 5. The summed E-state index contributed by atoms with van der Waals surface area (Å²) in [6.07, 6.45) is 1.60. The van der Waals surface area contributed by atoms with Crippen molar-refractivity contribution in [2.45, 2.75) is 5.03 Å². The van der Waals surface area contributed by atoms with E-state index in [1.54, 1.807) is 59.9 Å². The first-order valence-electron chi connectivity index (χ1n) is 9.73. The number of carbonyl (C=O) groups excluding carboxylic acids is 1. The normalized spacial score (nSPS) is 15.7. The van der Waals surface area contributed by atoms with Gasteiger partial charge in [0.05, 0.1) is 11.2 Å². The number of halogens is 2. The zero-order valence-corrected chi connectivity index (χ0v) is 20.5. The second-order valence-electron chi connectivity index (χ2n) is 7.49. The number of amides is 1. The molecule has 32 heavy (non-hydrogen) atoms. The van der Waals surface area contributed by atoms with E-state index < -0.39 is 10.0 Å². The summed E-state index contributed by atoms with van der Waals surface area (Å²) in [6.45, 7) is 0.948. The SMILES string of the molecule is CN(C)N=Cc1csc(C(=O)N2CCN(S(=O)(=O)c3cc4cc(Cl)ccc4[nH]3)CC2)c1Cl. The van der Waals surface area contributed by atoms with E-state index in [9.17, 15) is 13.2 Å². The minimum atomic E-state index is -3.72. The number of H-pyrrole nitrogens is 1. The topological polar surface area (TPSA) is 89.1 Å². The van der Waals surface area contributed by atoms with Crippen molar-refractivity contribution in [1.82, 2.24) is 19.2 Å². The quantitative estimate of drug-likeness (QED) is 0.417. The van der Waals surface area contributed by atoms with E-state index >= 15 is 0 Å². The first kappa shape index (κ1) is 23.1. The lowest BCUT2D eigenvalue weighted by Crippen LogP contribution is -2.50. The lowest BCUT2D eigenvalue weighted by molar-refractivity contribution is 0.0703. The Bertz CT molecular complexity index is 1290. The Labute approximate surface area is 200 Å². The molecule has 1 N–H and O–H groups in total. The molecule has 0 bridgehead atoms. The van der Waals surface area contributed by atoms with Gasteiger partial charge >= 0.3 is 0 Å². The molecule has 0 spiro atoms. The van der Waals surface area contributed by atoms with Crippen molar-refractivity contribution in [1.29, 1.82) is 0 Å². The molecule has 1 aromatic carbocycles. The maximum Gasteiger partial charge on any atom is 0.265 e. The van der Waals surface area contributed by atoms with Crippen LogP contribution in [0.4, 0.5) is 0 Å². The molecule has 1 saturated heterocycles. The largest absolute Gasteiger partial charge is 0.345 e. The summed E-state index contributed by atoms with van der Waals surface area (Å²) in [4.78, 5) is 18.0. The van der Waals surface area contributed by atoms with Crippen LogP contribution in [0.2, 0.25) is 10.0 Å². The fraction of sp³-hybridized carbons (Fsp3) is 0.300. The summed E-state index contributed by atoms with van der Waals surface area (Å²) in [6, 6.07) is 6.74. The van der Waals surface area contributed by atoms with Gasteiger partial charge in [-0.05, 0) is 24.3 Å². The number of nitrogens with zero attached hydrogens (tertiary/aromatic N) is 4. The van der Waals surface area contributed by atoms with Gasteiger partial charge in [-0.15, -0.1) is 11.3 Å². The summed E-state index contributed by atoms with van der Waals surface area (Å²) in [7, 11) is -0.133. The van der Waals surface area contributed by atoms with Crippen LogP contribution < -0.4 is 0 Å². The molecular weight excluding hydrogens is 493 g/mol. The van der Waals surface area contributed by atoms with E-state index in [0.717, 1.165) is 5.39 Å². The molecule has 1 aliphatic heterocycles. The molecule has 2 aromatic heterocycles. The van der Waals surface area contributed by atoms with Crippen LogP contribution in [0.15, 0.2) is 39.8 Å². The molecule has 3 aromatic rings. The first-order valence-corrected chi connectivity index (χ1v) is 12.8. The van der Waals surface area contributed by atoms with Crippen molar-refractivity contribution < 1.29 is 13.2 Å². The molecule has 12 heteroatoms. The van der Waals surface area contributed by atoms with E-state index in [-0.39, 0.29) is 37.1 Å². The summed E-state index contributed by atoms with van der Waals surface area (Å²) in [5.41, 5.74) is 1.37. The van der Waals surface area contributed by atoms with Gasteiger partial charge in [-0.1, -0.05) is 23.2 Å². The average Bonchev–Trinajstić information content (AvgIpc) is 3.35. The number of nitrogens with one attached hydrogen (secondary N) is 1. The molecule has 0 atom stereocenters. The van der Waals surface area contributed by atoms with E-state index in [4.69, 9.17) is 23.2 Å². The number of thiophene rings is 1. The Morgan fingerprint density at radius 2 is 1.91 bits per heavy atom. The second-order valence-corrected chi connectivity index (χ2v) is 11.1. The van der Waals surface area contributed by atoms with Crippen LogP contribution in [0.5, 0.6) is 0 Å². The zero-order valence-electron chi connectivity index (χ0n) is 17.4. The molecule has 0 radical (unpaired) electrons. The van der Waals surface area contributed by atoms with Gasteiger partial charge in [0, 0.05) is 67.1 Å². The summed E-state index contributed by atoms with van der Waals surface area (Å²) >= 11 is 13.6. The van der Waals surface area contributed by atoms with Crippen molar-refractivity contribution >= 4 is 67.6 Å².